The van der Waals surface area contributed by atoms with Crippen LogP contribution in [0.2, 0.25) is 10.0 Å². The van der Waals surface area contributed by atoms with E-state index >= 15 is 4.39 Å². The number of amides is 1. The molecule has 1 N–H and O–H groups in total. The van der Waals surface area contributed by atoms with Gasteiger partial charge in [0.25, 0.3) is 5.91 Å². The number of carboxylic acids is 1. The molecule has 1 amide bonds. The van der Waals surface area contributed by atoms with Gasteiger partial charge in [-0.3, -0.25) is 13.9 Å². The maximum atomic E-state index is 15.1. The highest BCUT2D eigenvalue weighted by Gasteiger charge is 2.48. The van der Waals surface area contributed by atoms with Crippen molar-refractivity contribution in [2.45, 2.75) is 63.2 Å². The van der Waals surface area contributed by atoms with Gasteiger partial charge in [-0.1, -0.05) is 66.5 Å². The lowest BCUT2D eigenvalue weighted by molar-refractivity contribution is -0.183. The summed E-state index contributed by atoms with van der Waals surface area (Å²) >= 11 is 12.5. The van der Waals surface area contributed by atoms with E-state index in [2.05, 4.69) is 0 Å². The highest BCUT2D eigenvalue weighted by molar-refractivity contribution is 7.93. The summed E-state index contributed by atoms with van der Waals surface area (Å²) in [7, 11) is -4.07. The van der Waals surface area contributed by atoms with Crippen LogP contribution in [0.25, 0.3) is 0 Å². The summed E-state index contributed by atoms with van der Waals surface area (Å²) in [6, 6.07) is 17.5. The first-order valence-corrected chi connectivity index (χ1v) is 16.1. The Bertz CT molecular complexity index is 1570. The highest BCUT2D eigenvalue weighted by atomic mass is 35.5. The number of carboxylic acid groups (broad SMARTS) is 1. The van der Waals surface area contributed by atoms with Gasteiger partial charge in [0.1, 0.15) is 18.0 Å². The molecule has 0 bridgehead atoms. The van der Waals surface area contributed by atoms with Crippen molar-refractivity contribution in [2.75, 3.05) is 10.8 Å². The second-order valence-corrected chi connectivity index (χ2v) is 13.9. The number of carbonyl (C=O) groups excluding carboxylic acids is 1. The van der Waals surface area contributed by atoms with E-state index in [0.717, 1.165) is 4.31 Å². The normalized spacial score (nSPS) is 19.8. The van der Waals surface area contributed by atoms with E-state index in [0.29, 0.717) is 21.2 Å². The van der Waals surface area contributed by atoms with Gasteiger partial charge in [-0.05, 0) is 67.8 Å². The number of hydrogen-bond acceptors (Lipinski definition) is 5. The van der Waals surface area contributed by atoms with Crippen molar-refractivity contribution < 1.29 is 32.2 Å². The fraction of sp³-hybridized carbons (Fsp3) is 0.355. The Kier molecular flexibility index (Phi) is 10.4. The number of ether oxygens (including phenoxy) is 1. The van der Waals surface area contributed by atoms with Crippen LogP contribution in [0.1, 0.15) is 56.9 Å². The third-order valence-electron chi connectivity index (χ3n) is 7.44. The molecule has 0 unspecified atom stereocenters. The van der Waals surface area contributed by atoms with Crippen LogP contribution in [0, 0.1) is 5.82 Å². The summed E-state index contributed by atoms with van der Waals surface area (Å²) in [5, 5.41) is 9.64. The number of rotatable bonds is 11. The van der Waals surface area contributed by atoms with E-state index in [-0.39, 0.29) is 18.7 Å². The van der Waals surface area contributed by atoms with Crippen molar-refractivity contribution in [1.82, 2.24) is 4.90 Å². The Morgan fingerprint density at radius 2 is 1.70 bits per heavy atom. The first kappa shape index (κ1) is 32.7. The molecule has 8 nitrogen and oxygen atoms in total. The van der Waals surface area contributed by atoms with E-state index in [1.54, 1.807) is 55.5 Å². The van der Waals surface area contributed by atoms with Gasteiger partial charge in [-0.25, -0.2) is 12.8 Å². The number of para-hydroxylation sites is 1. The van der Waals surface area contributed by atoms with E-state index < -0.39 is 63.7 Å². The molecule has 0 saturated carbocycles. The van der Waals surface area contributed by atoms with E-state index in [4.69, 9.17) is 27.9 Å². The molecule has 3 aromatic rings. The molecule has 0 spiro atoms. The number of benzene rings is 3. The van der Waals surface area contributed by atoms with Gasteiger partial charge in [0.2, 0.25) is 10.0 Å². The number of morpholine rings is 1. The number of anilines is 1. The lowest BCUT2D eigenvalue weighted by atomic mass is 9.89. The van der Waals surface area contributed by atoms with E-state index in [1.165, 1.54) is 43.0 Å². The van der Waals surface area contributed by atoms with Crippen LogP contribution >= 0.6 is 23.2 Å². The standard InChI is InChI=1S/C31H33Cl2FN2O6S/c1-4-24(18-35(43(40,41)19(2)3)26-11-6-5-10-25(26)34)36-29(20-12-14-22(32)15-13-20)30(21-8-7-9-23(33)16-21)42-27(31(36)39)17-28(37)38/h5-16,19,24,27,29-30H,4,17-18H2,1-3H3,(H,37,38)/t24-,27-,29+,30+/m0/s1. The zero-order valence-corrected chi connectivity index (χ0v) is 26.2. The Morgan fingerprint density at radius 1 is 1.02 bits per heavy atom. The quantitative estimate of drug-likeness (QED) is 0.249. The van der Waals surface area contributed by atoms with Crippen molar-refractivity contribution >= 4 is 50.8 Å². The van der Waals surface area contributed by atoms with E-state index in [9.17, 15) is 23.1 Å². The number of carbonyl (C=O) groups is 2. The predicted molar refractivity (Wildman–Crippen MR) is 164 cm³/mol. The monoisotopic (exact) mass is 650 g/mol. The molecule has 12 heteroatoms. The molecule has 1 aliphatic rings. The number of aliphatic carboxylic acids is 1. The molecule has 0 radical (unpaired) electrons. The zero-order valence-electron chi connectivity index (χ0n) is 23.9. The van der Waals surface area contributed by atoms with E-state index in [1.807, 2.05) is 0 Å². The minimum atomic E-state index is -4.07. The van der Waals surface area contributed by atoms with Gasteiger partial charge < -0.3 is 14.7 Å². The van der Waals surface area contributed by atoms with Gasteiger partial charge in [0.15, 0.2) is 0 Å². The largest absolute Gasteiger partial charge is 0.481 e. The summed E-state index contributed by atoms with van der Waals surface area (Å²) in [5.41, 5.74) is 1.07. The molecule has 1 aliphatic heterocycles. The zero-order chi connectivity index (χ0) is 31.5. The van der Waals surface area contributed by atoms with Crippen molar-refractivity contribution in [3.8, 4) is 0 Å². The Balaban J connectivity index is 1.91. The average molecular weight is 652 g/mol. The molecule has 1 fully saturated rings. The van der Waals surface area contributed by atoms with Crippen molar-refractivity contribution in [3.05, 3.63) is 99.8 Å². The SMILES string of the molecule is CC[C@@H](CN(c1ccccc1F)S(=O)(=O)C(C)C)N1C(=O)[C@H](CC(=O)O)O[C@H](c2cccc(Cl)c2)[C@H]1c1ccc(Cl)cc1. The minimum absolute atomic E-state index is 0.146. The van der Waals surface area contributed by atoms with Crippen molar-refractivity contribution in [1.29, 1.82) is 0 Å². The average Bonchev–Trinajstić information content (AvgIpc) is 2.95. The molecule has 0 aromatic heterocycles. The third kappa shape index (κ3) is 7.15. The maximum Gasteiger partial charge on any atom is 0.306 e. The lowest BCUT2D eigenvalue weighted by Crippen LogP contribution is -2.58. The third-order valence-corrected chi connectivity index (χ3v) is 10.1. The Labute approximate surface area is 261 Å². The summed E-state index contributed by atoms with van der Waals surface area (Å²) in [6.07, 6.45) is -2.60. The van der Waals surface area contributed by atoms with Gasteiger partial charge in [-0.2, -0.15) is 0 Å². The fourth-order valence-electron chi connectivity index (χ4n) is 5.25. The van der Waals surface area contributed by atoms with Crippen LogP contribution in [0.15, 0.2) is 72.8 Å². The van der Waals surface area contributed by atoms with Crippen LogP contribution in [-0.2, 0) is 24.3 Å². The number of hydrogen-bond donors (Lipinski definition) is 1. The molecule has 0 aliphatic carbocycles. The van der Waals surface area contributed by atoms with Crippen LogP contribution in [0.4, 0.5) is 10.1 Å². The number of nitrogens with zero attached hydrogens (tertiary/aromatic N) is 2. The van der Waals surface area contributed by atoms with Crippen LogP contribution in [-0.4, -0.2) is 54.2 Å². The smallest absolute Gasteiger partial charge is 0.306 e. The topological polar surface area (TPSA) is 104 Å². The summed E-state index contributed by atoms with van der Waals surface area (Å²) in [5.74, 6) is -2.59. The predicted octanol–water partition coefficient (Wildman–Crippen LogP) is 6.64. The maximum absolute atomic E-state index is 15.1. The number of halogens is 3. The summed E-state index contributed by atoms with van der Waals surface area (Å²) in [6.45, 7) is 4.50. The summed E-state index contributed by atoms with van der Waals surface area (Å²) < 4.78 is 49.6. The number of sulfonamides is 1. The van der Waals surface area contributed by atoms with Crippen molar-refractivity contribution in [3.63, 3.8) is 0 Å². The molecule has 43 heavy (non-hydrogen) atoms. The lowest BCUT2D eigenvalue weighted by Gasteiger charge is -2.48. The highest BCUT2D eigenvalue weighted by Crippen LogP contribution is 2.45. The van der Waals surface area contributed by atoms with Gasteiger partial charge in [0.05, 0.1) is 36.0 Å². The van der Waals surface area contributed by atoms with Crippen LogP contribution in [0.5, 0.6) is 0 Å². The Hall–Kier alpha value is -3.18. The second kappa shape index (κ2) is 13.6. The van der Waals surface area contributed by atoms with Gasteiger partial charge in [0, 0.05) is 10.0 Å². The molecular weight excluding hydrogens is 618 g/mol. The summed E-state index contributed by atoms with van der Waals surface area (Å²) in [4.78, 5) is 27.5. The van der Waals surface area contributed by atoms with Crippen LogP contribution < -0.4 is 4.31 Å². The molecule has 1 heterocycles. The first-order valence-electron chi connectivity index (χ1n) is 13.8. The van der Waals surface area contributed by atoms with Crippen LogP contribution in [0.3, 0.4) is 0 Å². The van der Waals surface area contributed by atoms with Gasteiger partial charge >= 0.3 is 5.97 Å². The molecule has 4 rings (SSSR count). The molecule has 230 valence electrons. The van der Waals surface area contributed by atoms with Crippen molar-refractivity contribution in [2.24, 2.45) is 0 Å². The molecular formula is C31H33Cl2FN2O6S. The first-order chi connectivity index (χ1) is 20.3. The molecule has 4 atom stereocenters. The fourth-order valence-corrected chi connectivity index (χ4v) is 6.89. The minimum Gasteiger partial charge on any atom is -0.481 e. The molecule has 1 saturated heterocycles. The Morgan fingerprint density at radius 3 is 2.28 bits per heavy atom. The second-order valence-electron chi connectivity index (χ2n) is 10.6. The van der Waals surface area contributed by atoms with Gasteiger partial charge in [-0.15, -0.1) is 0 Å². The molecule has 3 aromatic carbocycles.